The highest BCUT2D eigenvalue weighted by molar-refractivity contribution is 6.22. The van der Waals surface area contributed by atoms with Gasteiger partial charge in [-0.1, -0.05) is 61.5 Å². The second kappa shape index (κ2) is 11.1. The first-order valence-electron chi connectivity index (χ1n) is 13.0. The number of esters is 1. The van der Waals surface area contributed by atoms with Crippen molar-refractivity contribution in [2.45, 2.75) is 32.2 Å². The Labute approximate surface area is 222 Å². The molecule has 0 bridgehead atoms. The molecule has 1 unspecified atom stereocenters. The lowest BCUT2D eigenvalue weighted by Crippen LogP contribution is -2.45. The SMILES string of the molecule is CC1CCN(C2CC(=O)N(c3ccc(C(=O)OCC(=O)c4ccc(-c5ccccc5)cc4)cc3)C2=O)CC1. The van der Waals surface area contributed by atoms with Gasteiger partial charge in [-0.15, -0.1) is 0 Å². The fraction of sp³-hybridized carbons (Fsp3) is 0.290. The Hall–Kier alpha value is -4.10. The van der Waals surface area contributed by atoms with Crippen LogP contribution in [0.25, 0.3) is 11.1 Å². The lowest BCUT2D eigenvalue weighted by atomic mass is 9.97. The minimum Gasteiger partial charge on any atom is -0.454 e. The zero-order chi connectivity index (χ0) is 26.6. The van der Waals surface area contributed by atoms with Gasteiger partial charge < -0.3 is 4.74 Å². The Morgan fingerprint density at radius 1 is 0.816 bits per heavy atom. The van der Waals surface area contributed by atoms with E-state index in [4.69, 9.17) is 4.74 Å². The third kappa shape index (κ3) is 5.43. The first-order valence-corrected chi connectivity index (χ1v) is 13.0. The average molecular weight is 511 g/mol. The van der Waals surface area contributed by atoms with Crippen molar-refractivity contribution >= 4 is 29.3 Å². The van der Waals surface area contributed by atoms with E-state index in [1.54, 1.807) is 24.3 Å². The van der Waals surface area contributed by atoms with Crippen molar-refractivity contribution in [3.8, 4) is 11.1 Å². The lowest BCUT2D eigenvalue weighted by Gasteiger charge is -2.33. The van der Waals surface area contributed by atoms with Gasteiger partial charge in [-0.05, 0) is 67.2 Å². The van der Waals surface area contributed by atoms with E-state index in [1.165, 1.54) is 17.0 Å². The van der Waals surface area contributed by atoms with Crippen LogP contribution in [0.5, 0.6) is 0 Å². The largest absolute Gasteiger partial charge is 0.454 e. The van der Waals surface area contributed by atoms with Gasteiger partial charge in [-0.2, -0.15) is 0 Å². The van der Waals surface area contributed by atoms with Gasteiger partial charge in [0.1, 0.15) is 0 Å². The van der Waals surface area contributed by atoms with Crippen LogP contribution >= 0.6 is 0 Å². The maximum atomic E-state index is 13.1. The van der Waals surface area contributed by atoms with Gasteiger partial charge in [-0.3, -0.25) is 19.3 Å². The molecule has 0 radical (unpaired) electrons. The molecule has 2 aliphatic heterocycles. The van der Waals surface area contributed by atoms with Crippen molar-refractivity contribution in [2.24, 2.45) is 5.92 Å². The summed E-state index contributed by atoms with van der Waals surface area (Å²) in [7, 11) is 0. The van der Waals surface area contributed by atoms with E-state index < -0.39 is 12.0 Å². The fourth-order valence-electron chi connectivity index (χ4n) is 5.04. The molecule has 0 saturated carbocycles. The molecule has 3 aromatic carbocycles. The predicted molar refractivity (Wildman–Crippen MR) is 144 cm³/mol. The number of ketones is 1. The van der Waals surface area contributed by atoms with Crippen LogP contribution in [-0.2, 0) is 14.3 Å². The summed E-state index contributed by atoms with van der Waals surface area (Å²) in [5.74, 6) is -0.773. The molecule has 7 heteroatoms. The van der Waals surface area contributed by atoms with Crippen LogP contribution in [0, 0.1) is 5.92 Å². The summed E-state index contributed by atoms with van der Waals surface area (Å²) >= 11 is 0. The number of imide groups is 1. The Morgan fingerprint density at radius 2 is 1.42 bits per heavy atom. The molecule has 0 aromatic heterocycles. The average Bonchev–Trinajstić information content (AvgIpc) is 3.26. The van der Waals surface area contributed by atoms with Gasteiger partial charge in [0.2, 0.25) is 5.91 Å². The Kier molecular flexibility index (Phi) is 7.47. The summed E-state index contributed by atoms with van der Waals surface area (Å²) in [6.07, 6.45) is 2.22. The zero-order valence-electron chi connectivity index (χ0n) is 21.3. The van der Waals surface area contributed by atoms with Crippen LogP contribution in [0.15, 0.2) is 78.9 Å². The first kappa shape index (κ1) is 25.5. The monoisotopic (exact) mass is 510 g/mol. The number of carbonyl (C=O) groups is 4. The highest BCUT2D eigenvalue weighted by atomic mass is 16.5. The Bertz CT molecular complexity index is 1330. The summed E-state index contributed by atoms with van der Waals surface area (Å²) in [5, 5.41) is 0. The number of anilines is 1. The molecular weight excluding hydrogens is 480 g/mol. The fourth-order valence-corrected chi connectivity index (χ4v) is 5.04. The molecule has 1 atom stereocenters. The second-order valence-corrected chi connectivity index (χ2v) is 10.00. The topological polar surface area (TPSA) is 84.0 Å². The number of ether oxygens (including phenoxy) is 1. The van der Waals surface area contributed by atoms with E-state index in [-0.39, 0.29) is 36.2 Å². The third-order valence-corrected chi connectivity index (χ3v) is 7.39. The summed E-state index contributed by atoms with van der Waals surface area (Å²) in [4.78, 5) is 54.1. The molecule has 2 amide bonds. The maximum Gasteiger partial charge on any atom is 0.338 e. The highest BCUT2D eigenvalue weighted by Crippen LogP contribution is 2.29. The quantitative estimate of drug-likeness (QED) is 0.259. The van der Waals surface area contributed by atoms with Crippen LogP contribution in [-0.4, -0.2) is 54.2 Å². The number of piperidine rings is 1. The van der Waals surface area contributed by atoms with Crippen LogP contribution in [0.1, 0.15) is 46.9 Å². The van der Waals surface area contributed by atoms with Crippen molar-refractivity contribution < 1.29 is 23.9 Å². The predicted octanol–water partition coefficient (Wildman–Crippen LogP) is 4.76. The minimum atomic E-state index is -0.648. The van der Waals surface area contributed by atoms with Crippen LogP contribution in [0.2, 0.25) is 0 Å². The number of rotatable bonds is 7. The standard InChI is InChI=1S/C31H30N2O5/c1-21-15-17-32(18-16-21)27-19-29(35)33(30(27)36)26-13-11-25(12-14-26)31(37)38-20-28(34)24-9-7-23(8-10-24)22-5-3-2-4-6-22/h2-14,21,27H,15-20H2,1H3. The molecule has 2 fully saturated rings. The minimum absolute atomic E-state index is 0.172. The number of benzene rings is 3. The number of nitrogens with zero attached hydrogens (tertiary/aromatic N) is 2. The van der Waals surface area contributed by atoms with E-state index in [2.05, 4.69) is 11.8 Å². The molecule has 2 saturated heterocycles. The zero-order valence-corrected chi connectivity index (χ0v) is 21.3. The molecule has 5 rings (SSSR count). The third-order valence-electron chi connectivity index (χ3n) is 7.39. The molecule has 2 heterocycles. The second-order valence-electron chi connectivity index (χ2n) is 10.00. The van der Waals surface area contributed by atoms with Gasteiger partial charge in [-0.25, -0.2) is 9.69 Å². The Balaban J connectivity index is 1.17. The maximum absolute atomic E-state index is 13.1. The molecule has 2 aliphatic rings. The lowest BCUT2D eigenvalue weighted by molar-refractivity contribution is -0.123. The molecule has 0 spiro atoms. The molecule has 194 valence electrons. The molecule has 38 heavy (non-hydrogen) atoms. The molecule has 0 N–H and O–H groups in total. The number of hydrogen-bond donors (Lipinski definition) is 0. The smallest absolute Gasteiger partial charge is 0.338 e. The number of amides is 2. The van der Waals surface area contributed by atoms with Crippen molar-refractivity contribution in [1.82, 2.24) is 4.90 Å². The molecule has 0 aliphatic carbocycles. The van der Waals surface area contributed by atoms with Gasteiger partial charge in [0.25, 0.3) is 5.91 Å². The van der Waals surface area contributed by atoms with Crippen molar-refractivity contribution in [3.05, 3.63) is 90.0 Å². The van der Waals surface area contributed by atoms with Crippen LogP contribution in [0.4, 0.5) is 5.69 Å². The van der Waals surface area contributed by atoms with Gasteiger partial charge in [0.05, 0.1) is 23.7 Å². The Morgan fingerprint density at radius 3 is 2.08 bits per heavy atom. The molecule has 7 nitrogen and oxygen atoms in total. The van der Waals surface area contributed by atoms with Crippen LogP contribution in [0.3, 0.4) is 0 Å². The van der Waals surface area contributed by atoms with Crippen molar-refractivity contribution in [2.75, 3.05) is 24.6 Å². The van der Waals surface area contributed by atoms with Crippen molar-refractivity contribution in [3.63, 3.8) is 0 Å². The number of Topliss-reactive ketones (excluding diaryl/α,β-unsaturated/α-hetero) is 1. The van der Waals surface area contributed by atoms with E-state index >= 15 is 0 Å². The summed E-state index contributed by atoms with van der Waals surface area (Å²) in [5.41, 5.74) is 3.17. The first-order chi connectivity index (χ1) is 18.4. The summed E-state index contributed by atoms with van der Waals surface area (Å²) in [6, 6.07) is 22.7. The highest BCUT2D eigenvalue weighted by Gasteiger charge is 2.43. The van der Waals surface area contributed by atoms with Crippen molar-refractivity contribution in [1.29, 1.82) is 0 Å². The van der Waals surface area contributed by atoms with Crippen LogP contribution < -0.4 is 4.90 Å². The van der Waals surface area contributed by atoms with Gasteiger partial charge >= 0.3 is 5.97 Å². The van der Waals surface area contributed by atoms with Gasteiger partial charge in [0, 0.05) is 5.56 Å². The summed E-state index contributed by atoms with van der Waals surface area (Å²) < 4.78 is 5.23. The number of hydrogen-bond acceptors (Lipinski definition) is 6. The summed E-state index contributed by atoms with van der Waals surface area (Å²) in [6.45, 7) is 3.46. The number of carbonyl (C=O) groups excluding carboxylic acids is 4. The molecule has 3 aromatic rings. The molecular formula is C31H30N2O5. The van der Waals surface area contributed by atoms with E-state index in [1.807, 2.05) is 42.5 Å². The van der Waals surface area contributed by atoms with Gasteiger partial charge in [0.15, 0.2) is 12.4 Å². The van der Waals surface area contributed by atoms with E-state index in [9.17, 15) is 19.2 Å². The van der Waals surface area contributed by atoms with E-state index in [0.717, 1.165) is 37.1 Å². The normalized spacial score (nSPS) is 18.6. The van der Waals surface area contributed by atoms with E-state index in [0.29, 0.717) is 17.2 Å². The number of likely N-dealkylation sites (tertiary alicyclic amines) is 1.